The van der Waals surface area contributed by atoms with Crippen LogP contribution in [-0.2, 0) is 0 Å². The van der Waals surface area contributed by atoms with Crippen molar-refractivity contribution in [3.63, 3.8) is 0 Å². The van der Waals surface area contributed by atoms with E-state index in [4.69, 9.17) is 5.11 Å². The van der Waals surface area contributed by atoms with Gasteiger partial charge in [-0.05, 0) is 47.2 Å². The van der Waals surface area contributed by atoms with E-state index in [0.29, 0.717) is 11.3 Å². The van der Waals surface area contributed by atoms with E-state index < -0.39 is 5.97 Å². The molecule has 3 aromatic carbocycles. The maximum absolute atomic E-state index is 12.6. The molecule has 0 aliphatic carbocycles. The lowest BCUT2D eigenvalue weighted by atomic mass is 10.1. The lowest BCUT2D eigenvalue weighted by Gasteiger charge is -2.18. The summed E-state index contributed by atoms with van der Waals surface area (Å²) in [6, 6.07) is 19.7. The van der Waals surface area contributed by atoms with Gasteiger partial charge in [0.15, 0.2) is 0 Å². The van der Waals surface area contributed by atoms with E-state index in [9.17, 15) is 9.59 Å². The van der Waals surface area contributed by atoms with Crippen LogP contribution in [0, 0.1) is 0 Å². The number of carboxylic acid groups (broad SMARTS) is 1. The minimum Gasteiger partial charge on any atom is -0.478 e. The van der Waals surface area contributed by atoms with Crippen molar-refractivity contribution in [3.8, 4) is 0 Å². The third-order valence-electron chi connectivity index (χ3n) is 3.80. The number of aromatic carboxylic acids is 1. The number of benzene rings is 3. The van der Waals surface area contributed by atoms with Gasteiger partial charge in [-0.1, -0.05) is 30.3 Å². The quantitative estimate of drug-likeness (QED) is 0.800. The maximum atomic E-state index is 12.6. The molecular weight excluding hydrogens is 290 g/mol. The van der Waals surface area contributed by atoms with E-state index in [1.165, 1.54) is 17.0 Å². The van der Waals surface area contributed by atoms with Gasteiger partial charge in [0.25, 0.3) is 5.91 Å². The summed E-state index contributed by atoms with van der Waals surface area (Å²) >= 11 is 0. The number of hydrogen-bond donors (Lipinski definition) is 1. The monoisotopic (exact) mass is 305 g/mol. The fourth-order valence-electron chi connectivity index (χ4n) is 2.46. The Morgan fingerprint density at radius 1 is 0.826 bits per heavy atom. The highest BCUT2D eigenvalue weighted by Crippen LogP contribution is 2.20. The topological polar surface area (TPSA) is 57.6 Å². The van der Waals surface area contributed by atoms with Crippen LogP contribution in [0.1, 0.15) is 20.7 Å². The molecule has 0 saturated carbocycles. The van der Waals surface area contributed by atoms with E-state index in [0.717, 1.165) is 10.8 Å². The molecule has 0 aromatic heterocycles. The van der Waals surface area contributed by atoms with Crippen LogP contribution in [0.5, 0.6) is 0 Å². The van der Waals surface area contributed by atoms with Crippen LogP contribution in [0.2, 0.25) is 0 Å². The molecule has 4 heteroatoms. The highest BCUT2D eigenvalue weighted by molar-refractivity contribution is 6.07. The molecule has 1 N–H and O–H groups in total. The minimum atomic E-state index is -0.986. The second-order valence-electron chi connectivity index (χ2n) is 5.28. The zero-order valence-corrected chi connectivity index (χ0v) is 12.6. The van der Waals surface area contributed by atoms with Gasteiger partial charge in [-0.25, -0.2) is 4.79 Å². The van der Waals surface area contributed by atoms with Crippen LogP contribution in [0.25, 0.3) is 10.8 Å². The van der Waals surface area contributed by atoms with Crippen molar-refractivity contribution in [1.29, 1.82) is 0 Å². The van der Waals surface area contributed by atoms with Crippen LogP contribution in [0.4, 0.5) is 5.69 Å². The number of anilines is 1. The molecule has 3 aromatic rings. The third-order valence-corrected chi connectivity index (χ3v) is 3.80. The van der Waals surface area contributed by atoms with Gasteiger partial charge in [0, 0.05) is 18.3 Å². The van der Waals surface area contributed by atoms with Crippen molar-refractivity contribution in [2.24, 2.45) is 0 Å². The maximum Gasteiger partial charge on any atom is 0.335 e. The Hall–Kier alpha value is -3.14. The van der Waals surface area contributed by atoms with E-state index in [2.05, 4.69) is 0 Å². The predicted molar refractivity (Wildman–Crippen MR) is 90.1 cm³/mol. The first-order chi connectivity index (χ1) is 11.1. The first-order valence-electron chi connectivity index (χ1n) is 7.16. The fraction of sp³-hybridized carbons (Fsp3) is 0.0526. The molecule has 0 unspecified atom stereocenters. The highest BCUT2D eigenvalue weighted by atomic mass is 16.4. The van der Waals surface area contributed by atoms with Crippen LogP contribution in [0.15, 0.2) is 66.7 Å². The Labute approximate surface area is 133 Å². The number of carboxylic acids is 1. The molecular formula is C19H15NO3. The van der Waals surface area contributed by atoms with Crippen molar-refractivity contribution >= 4 is 28.3 Å². The van der Waals surface area contributed by atoms with Gasteiger partial charge in [-0.2, -0.15) is 0 Å². The summed E-state index contributed by atoms with van der Waals surface area (Å²) in [4.78, 5) is 25.0. The Morgan fingerprint density at radius 3 is 2.09 bits per heavy atom. The van der Waals surface area contributed by atoms with E-state index in [-0.39, 0.29) is 11.5 Å². The van der Waals surface area contributed by atoms with E-state index >= 15 is 0 Å². The molecule has 0 aliphatic rings. The summed E-state index contributed by atoms with van der Waals surface area (Å²) in [6.45, 7) is 0. The molecule has 3 rings (SSSR count). The van der Waals surface area contributed by atoms with Crippen molar-refractivity contribution in [3.05, 3.63) is 77.9 Å². The molecule has 0 saturated heterocycles. The standard InChI is InChI=1S/C19H15NO3/c1-20(17-10-8-14(9-11-17)19(22)23)18(21)16-7-6-13-4-2-3-5-15(13)12-16/h2-12H,1H3,(H,22,23). The molecule has 4 nitrogen and oxygen atoms in total. The van der Waals surface area contributed by atoms with Gasteiger partial charge in [-0.3, -0.25) is 4.79 Å². The zero-order chi connectivity index (χ0) is 16.4. The molecule has 0 spiro atoms. The number of hydrogen-bond acceptors (Lipinski definition) is 2. The van der Waals surface area contributed by atoms with Crippen molar-refractivity contribution in [2.45, 2.75) is 0 Å². The minimum absolute atomic E-state index is 0.140. The normalized spacial score (nSPS) is 10.5. The van der Waals surface area contributed by atoms with Crippen molar-refractivity contribution in [2.75, 3.05) is 11.9 Å². The number of rotatable bonds is 3. The molecule has 0 aliphatic heterocycles. The summed E-state index contributed by atoms with van der Waals surface area (Å²) in [5.41, 5.74) is 1.43. The van der Waals surface area contributed by atoms with Crippen LogP contribution < -0.4 is 4.90 Å². The van der Waals surface area contributed by atoms with Gasteiger partial charge >= 0.3 is 5.97 Å². The molecule has 0 heterocycles. The van der Waals surface area contributed by atoms with Crippen LogP contribution in [-0.4, -0.2) is 24.0 Å². The van der Waals surface area contributed by atoms with Crippen molar-refractivity contribution < 1.29 is 14.7 Å². The van der Waals surface area contributed by atoms with Gasteiger partial charge in [-0.15, -0.1) is 0 Å². The summed E-state index contributed by atoms with van der Waals surface area (Å²) in [7, 11) is 1.67. The fourth-order valence-corrected chi connectivity index (χ4v) is 2.46. The Balaban J connectivity index is 1.89. The van der Waals surface area contributed by atoms with Gasteiger partial charge < -0.3 is 10.0 Å². The highest BCUT2D eigenvalue weighted by Gasteiger charge is 2.14. The predicted octanol–water partition coefficient (Wildman–Crippen LogP) is 3.81. The van der Waals surface area contributed by atoms with Gasteiger partial charge in [0.05, 0.1) is 5.56 Å². The van der Waals surface area contributed by atoms with Gasteiger partial charge in [0.1, 0.15) is 0 Å². The van der Waals surface area contributed by atoms with Gasteiger partial charge in [0.2, 0.25) is 0 Å². The van der Waals surface area contributed by atoms with Crippen LogP contribution >= 0.6 is 0 Å². The molecule has 0 radical (unpaired) electrons. The molecule has 0 atom stereocenters. The molecule has 0 fully saturated rings. The molecule has 114 valence electrons. The first-order valence-corrected chi connectivity index (χ1v) is 7.16. The number of nitrogens with zero attached hydrogens (tertiary/aromatic N) is 1. The largest absolute Gasteiger partial charge is 0.478 e. The Bertz CT molecular complexity index is 885. The number of carbonyl (C=O) groups excluding carboxylic acids is 1. The Kier molecular flexibility index (Phi) is 3.81. The number of amides is 1. The SMILES string of the molecule is CN(C(=O)c1ccc2ccccc2c1)c1ccc(C(=O)O)cc1. The molecule has 0 bridgehead atoms. The zero-order valence-electron chi connectivity index (χ0n) is 12.6. The summed E-state index contributed by atoms with van der Waals surface area (Å²) in [5.74, 6) is -1.13. The number of carbonyl (C=O) groups is 2. The molecule has 23 heavy (non-hydrogen) atoms. The average Bonchev–Trinajstić information content (AvgIpc) is 2.60. The lowest BCUT2D eigenvalue weighted by Crippen LogP contribution is -2.26. The Morgan fingerprint density at radius 2 is 1.43 bits per heavy atom. The van der Waals surface area contributed by atoms with Crippen LogP contribution in [0.3, 0.4) is 0 Å². The second kappa shape index (κ2) is 5.93. The average molecular weight is 305 g/mol. The summed E-state index contributed by atoms with van der Waals surface area (Å²) in [6.07, 6.45) is 0. The summed E-state index contributed by atoms with van der Waals surface area (Å²) < 4.78 is 0. The number of fused-ring (bicyclic) bond motifs is 1. The van der Waals surface area contributed by atoms with E-state index in [1.807, 2.05) is 36.4 Å². The first kappa shape index (κ1) is 14.8. The van der Waals surface area contributed by atoms with Crippen molar-refractivity contribution in [1.82, 2.24) is 0 Å². The third kappa shape index (κ3) is 2.92. The van der Waals surface area contributed by atoms with E-state index in [1.54, 1.807) is 25.2 Å². The lowest BCUT2D eigenvalue weighted by molar-refractivity contribution is 0.0696. The summed E-state index contributed by atoms with van der Waals surface area (Å²) in [5, 5.41) is 11.0. The molecule has 1 amide bonds. The smallest absolute Gasteiger partial charge is 0.335 e. The second-order valence-corrected chi connectivity index (χ2v) is 5.28.